The van der Waals surface area contributed by atoms with Gasteiger partial charge in [-0.05, 0) is 18.6 Å². The highest BCUT2D eigenvalue weighted by Crippen LogP contribution is 2.11. The predicted molar refractivity (Wildman–Crippen MR) is 47.0 cm³/mol. The number of thiol groups is 1. The van der Waals surface area contributed by atoms with Crippen LogP contribution in [0.4, 0.5) is 10.5 Å². The number of amides is 1. The zero-order chi connectivity index (χ0) is 8.27. The SMILES string of the molecule is Cc1cnccc1NC(=O)S. The molecule has 0 aromatic carbocycles. The smallest absolute Gasteiger partial charge is 0.280 e. The standard InChI is InChI=1S/C7H8N2OS/c1-5-4-8-3-2-6(5)9-7(10)11/h2-4H,1H3,(H2,8,9,10,11). The van der Waals surface area contributed by atoms with Crippen molar-refractivity contribution < 1.29 is 4.79 Å². The van der Waals surface area contributed by atoms with E-state index in [1.165, 1.54) is 0 Å². The van der Waals surface area contributed by atoms with Gasteiger partial charge in [-0.15, -0.1) is 0 Å². The molecule has 0 bridgehead atoms. The average Bonchev–Trinajstić information content (AvgIpc) is 1.93. The van der Waals surface area contributed by atoms with Crippen LogP contribution in [0.25, 0.3) is 0 Å². The zero-order valence-corrected chi connectivity index (χ0v) is 6.93. The van der Waals surface area contributed by atoms with Crippen molar-refractivity contribution in [3.05, 3.63) is 24.0 Å². The number of aryl methyl sites for hydroxylation is 1. The number of anilines is 1. The van der Waals surface area contributed by atoms with Gasteiger partial charge >= 0.3 is 0 Å². The third kappa shape index (κ3) is 2.23. The normalized spacial score (nSPS) is 9.27. The zero-order valence-electron chi connectivity index (χ0n) is 6.03. The van der Waals surface area contributed by atoms with Gasteiger partial charge in [-0.3, -0.25) is 9.78 Å². The van der Waals surface area contributed by atoms with Gasteiger partial charge in [0.25, 0.3) is 5.24 Å². The quantitative estimate of drug-likeness (QED) is 0.628. The van der Waals surface area contributed by atoms with Gasteiger partial charge in [0.05, 0.1) is 0 Å². The molecule has 1 amide bonds. The van der Waals surface area contributed by atoms with Crippen molar-refractivity contribution in [1.82, 2.24) is 4.98 Å². The summed E-state index contributed by atoms with van der Waals surface area (Å²) < 4.78 is 0. The largest absolute Gasteiger partial charge is 0.317 e. The average molecular weight is 168 g/mol. The fourth-order valence-electron chi connectivity index (χ4n) is 0.729. The van der Waals surface area contributed by atoms with Gasteiger partial charge < -0.3 is 5.32 Å². The summed E-state index contributed by atoms with van der Waals surface area (Å²) in [7, 11) is 0. The number of hydrogen-bond acceptors (Lipinski definition) is 2. The van der Waals surface area contributed by atoms with E-state index in [2.05, 4.69) is 22.9 Å². The molecular formula is C7H8N2OS. The minimum Gasteiger partial charge on any atom is -0.317 e. The van der Waals surface area contributed by atoms with Crippen LogP contribution in [0.1, 0.15) is 5.56 Å². The maximum atomic E-state index is 10.5. The lowest BCUT2D eigenvalue weighted by Gasteiger charge is -2.02. The van der Waals surface area contributed by atoms with Gasteiger partial charge in [0.1, 0.15) is 0 Å². The lowest BCUT2D eigenvalue weighted by molar-refractivity contribution is 0.270. The van der Waals surface area contributed by atoms with Gasteiger partial charge in [-0.1, -0.05) is 12.6 Å². The summed E-state index contributed by atoms with van der Waals surface area (Å²) in [5, 5.41) is 2.20. The molecule has 0 unspecified atom stereocenters. The van der Waals surface area contributed by atoms with Crippen molar-refractivity contribution in [2.75, 3.05) is 5.32 Å². The maximum absolute atomic E-state index is 10.5. The van der Waals surface area contributed by atoms with Gasteiger partial charge in [0.2, 0.25) is 0 Å². The van der Waals surface area contributed by atoms with E-state index in [-0.39, 0.29) is 5.24 Å². The van der Waals surface area contributed by atoms with Crippen molar-refractivity contribution in [3.63, 3.8) is 0 Å². The van der Waals surface area contributed by atoms with Crippen LogP contribution in [0, 0.1) is 6.92 Å². The molecule has 0 atom stereocenters. The summed E-state index contributed by atoms with van der Waals surface area (Å²) in [5.74, 6) is 0. The molecule has 0 aliphatic carbocycles. The van der Waals surface area contributed by atoms with Crippen LogP contribution in [0.5, 0.6) is 0 Å². The summed E-state index contributed by atoms with van der Waals surface area (Å²) >= 11 is 3.59. The Labute approximate surface area is 70.2 Å². The molecule has 3 nitrogen and oxygen atoms in total. The van der Waals surface area contributed by atoms with E-state index in [1.54, 1.807) is 18.5 Å². The summed E-state index contributed by atoms with van der Waals surface area (Å²) in [4.78, 5) is 14.4. The Morgan fingerprint density at radius 2 is 2.45 bits per heavy atom. The van der Waals surface area contributed by atoms with E-state index in [0.717, 1.165) is 11.3 Å². The molecule has 1 N–H and O–H groups in total. The predicted octanol–water partition coefficient (Wildman–Crippen LogP) is 1.85. The number of aromatic nitrogens is 1. The van der Waals surface area contributed by atoms with Crippen LogP contribution in [-0.4, -0.2) is 10.2 Å². The number of nitrogens with one attached hydrogen (secondary N) is 1. The van der Waals surface area contributed by atoms with Crippen LogP contribution < -0.4 is 5.32 Å². The van der Waals surface area contributed by atoms with Crippen LogP contribution in [0.15, 0.2) is 18.5 Å². The molecule has 4 heteroatoms. The highest BCUT2D eigenvalue weighted by atomic mass is 32.1. The summed E-state index contributed by atoms with van der Waals surface area (Å²) in [6, 6.07) is 1.73. The molecule has 0 fully saturated rings. The topological polar surface area (TPSA) is 42.0 Å². The number of pyridine rings is 1. The second kappa shape index (κ2) is 3.39. The third-order valence-electron chi connectivity index (χ3n) is 1.26. The molecule has 0 saturated heterocycles. The van der Waals surface area contributed by atoms with Crippen molar-refractivity contribution in [1.29, 1.82) is 0 Å². The van der Waals surface area contributed by atoms with E-state index in [4.69, 9.17) is 0 Å². The molecule has 0 spiro atoms. The molecule has 0 saturated carbocycles. The Hall–Kier alpha value is -1.03. The van der Waals surface area contributed by atoms with Gasteiger partial charge in [0, 0.05) is 18.1 Å². The number of nitrogens with zero attached hydrogens (tertiary/aromatic N) is 1. The fraction of sp³-hybridized carbons (Fsp3) is 0.143. The molecule has 11 heavy (non-hydrogen) atoms. The first-order valence-corrected chi connectivity index (χ1v) is 3.55. The van der Waals surface area contributed by atoms with Gasteiger partial charge in [-0.25, -0.2) is 0 Å². The Morgan fingerprint density at radius 1 is 1.73 bits per heavy atom. The second-order valence-corrected chi connectivity index (χ2v) is 2.53. The Kier molecular flexibility index (Phi) is 2.48. The van der Waals surface area contributed by atoms with Gasteiger partial charge in [-0.2, -0.15) is 0 Å². The lowest BCUT2D eigenvalue weighted by atomic mass is 10.3. The molecule has 58 valence electrons. The minimum atomic E-state index is -0.362. The summed E-state index contributed by atoms with van der Waals surface area (Å²) in [6.07, 6.45) is 3.30. The maximum Gasteiger partial charge on any atom is 0.280 e. The summed E-state index contributed by atoms with van der Waals surface area (Å²) in [6.45, 7) is 1.87. The molecule has 1 heterocycles. The van der Waals surface area contributed by atoms with E-state index in [9.17, 15) is 4.79 Å². The van der Waals surface area contributed by atoms with Crippen LogP contribution in [-0.2, 0) is 0 Å². The van der Waals surface area contributed by atoms with Crippen molar-refractivity contribution in [3.8, 4) is 0 Å². The first-order valence-electron chi connectivity index (χ1n) is 3.10. The van der Waals surface area contributed by atoms with E-state index in [0.29, 0.717) is 0 Å². The first kappa shape index (κ1) is 8.07. The van der Waals surface area contributed by atoms with Gasteiger partial charge in [0.15, 0.2) is 0 Å². The Morgan fingerprint density at radius 3 is 3.00 bits per heavy atom. The summed E-state index contributed by atoms with van der Waals surface area (Å²) in [5.41, 5.74) is 1.68. The first-order chi connectivity index (χ1) is 5.20. The van der Waals surface area contributed by atoms with E-state index < -0.39 is 0 Å². The number of carbonyl (C=O) groups excluding carboxylic acids is 1. The number of rotatable bonds is 1. The Bertz CT molecular complexity index is 275. The van der Waals surface area contributed by atoms with E-state index >= 15 is 0 Å². The molecule has 0 aliphatic heterocycles. The Balaban J connectivity index is 2.86. The molecule has 0 radical (unpaired) electrons. The lowest BCUT2D eigenvalue weighted by Crippen LogP contribution is -2.02. The monoisotopic (exact) mass is 168 g/mol. The molecule has 1 aromatic heterocycles. The fourth-order valence-corrected chi connectivity index (χ4v) is 0.849. The number of carbonyl (C=O) groups is 1. The molecular weight excluding hydrogens is 160 g/mol. The highest BCUT2D eigenvalue weighted by molar-refractivity contribution is 7.96. The molecule has 1 aromatic rings. The second-order valence-electron chi connectivity index (χ2n) is 2.12. The van der Waals surface area contributed by atoms with Crippen LogP contribution in [0.3, 0.4) is 0 Å². The van der Waals surface area contributed by atoms with Crippen LogP contribution in [0.2, 0.25) is 0 Å². The van der Waals surface area contributed by atoms with Crippen molar-refractivity contribution >= 4 is 23.6 Å². The third-order valence-corrected chi connectivity index (χ3v) is 1.37. The molecule has 1 rings (SSSR count). The minimum absolute atomic E-state index is 0.362. The van der Waals surface area contributed by atoms with Crippen molar-refractivity contribution in [2.24, 2.45) is 0 Å². The van der Waals surface area contributed by atoms with Crippen molar-refractivity contribution in [2.45, 2.75) is 6.92 Å². The van der Waals surface area contributed by atoms with E-state index in [1.807, 2.05) is 6.92 Å². The highest BCUT2D eigenvalue weighted by Gasteiger charge is 1.97. The van der Waals surface area contributed by atoms with Crippen LogP contribution >= 0.6 is 12.6 Å². The molecule has 0 aliphatic rings. The number of hydrogen-bond donors (Lipinski definition) is 2.